The van der Waals surface area contributed by atoms with Crippen molar-refractivity contribution in [1.29, 1.82) is 0 Å². The molecule has 0 aliphatic carbocycles. The molecule has 0 saturated heterocycles. The lowest BCUT2D eigenvalue weighted by molar-refractivity contribution is -0.141. The van der Waals surface area contributed by atoms with E-state index < -0.39 is 11.9 Å². The zero-order valence-corrected chi connectivity index (χ0v) is 18.5. The highest BCUT2D eigenvalue weighted by Gasteiger charge is 2.31. The Morgan fingerprint density at radius 2 is 1.41 bits per heavy atom. The predicted octanol–water partition coefficient (Wildman–Crippen LogP) is 4.53. The number of rotatable bonds is 9. The molecule has 0 heterocycles. The molecule has 5 heteroatoms. The lowest BCUT2D eigenvalue weighted by atomic mass is 10.0. The van der Waals surface area contributed by atoms with Gasteiger partial charge in [0.25, 0.3) is 0 Å². The third-order valence-electron chi connectivity index (χ3n) is 5.20. The summed E-state index contributed by atoms with van der Waals surface area (Å²) < 4.78 is 14.5. The summed E-state index contributed by atoms with van der Waals surface area (Å²) in [5, 5.41) is 2.94. The van der Waals surface area contributed by atoms with Crippen LogP contribution in [-0.4, -0.2) is 28.8 Å². The smallest absolute Gasteiger partial charge is 0.243 e. The van der Waals surface area contributed by atoms with Crippen LogP contribution in [0.25, 0.3) is 0 Å². The maximum atomic E-state index is 14.5. The van der Waals surface area contributed by atoms with Gasteiger partial charge in [-0.15, -0.1) is 0 Å². The quantitative estimate of drug-likeness (QED) is 0.540. The van der Waals surface area contributed by atoms with Crippen LogP contribution >= 0.6 is 0 Å². The average Bonchev–Trinajstić information content (AvgIpc) is 2.78. The summed E-state index contributed by atoms with van der Waals surface area (Å²) in [5.74, 6) is -0.867. The number of amides is 2. The van der Waals surface area contributed by atoms with Crippen molar-refractivity contribution in [2.75, 3.05) is 0 Å². The van der Waals surface area contributed by atoms with Crippen molar-refractivity contribution in [3.63, 3.8) is 0 Å². The van der Waals surface area contributed by atoms with Gasteiger partial charge in [0.1, 0.15) is 11.9 Å². The molecular formula is C27H29FN2O2. The summed E-state index contributed by atoms with van der Waals surface area (Å²) in [6.07, 6.45) is 0.476. The van der Waals surface area contributed by atoms with Crippen LogP contribution in [0.1, 0.15) is 30.5 Å². The number of carbonyl (C=O) groups is 2. The second kappa shape index (κ2) is 11.2. The minimum Gasteiger partial charge on any atom is -0.352 e. The van der Waals surface area contributed by atoms with Crippen molar-refractivity contribution in [1.82, 2.24) is 10.2 Å². The molecule has 0 spiro atoms. The van der Waals surface area contributed by atoms with E-state index in [-0.39, 0.29) is 30.8 Å². The van der Waals surface area contributed by atoms with Crippen LogP contribution in [0.3, 0.4) is 0 Å². The van der Waals surface area contributed by atoms with E-state index in [4.69, 9.17) is 0 Å². The molecule has 0 aromatic heterocycles. The first-order valence-electron chi connectivity index (χ1n) is 10.8. The van der Waals surface area contributed by atoms with Gasteiger partial charge in [-0.1, -0.05) is 78.9 Å². The molecule has 166 valence electrons. The van der Waals surface area contributed by atoms with E-state index in [2.05, 4.69) is 5.32 Å². The van der Waals surface area contributed by atoms with Gasteiger partial charge in [-0.05, 0) is 31.0 Å². The van der Waals surface area contributed by atoms with Crippen LogP contribution in [-0.2, 0) is 29.0 Å². The molecule has 3 aromatic carbocycles. The fourth-order valence-corrected chi connectivity index (χ4v) is 3.62. The van der Waals surface area contributed by atoms with E-state index in [9.17, 15) is 14.0 Å². The van der Waals surface area contributed by atoms with E-state index in [1.165, 1.54) is 11.0 Å². The zero-order valence-electron chi connectivity index (χ0n) is 18.5. The van der Waals surface area contributed by atoms with Gasteiger partial charge in [-0.3, -0.25) is 9.59 Å². The van der Waals surface area contributed by atoms with Gasteiger partial charge in [0, 0.05) is 24.6 Å². The molecule has 2 amide bonds. The van der Waals surface area contributed by atoms with Crippen molar-refractivity contribution in [2.24, 2.45) is 0 Å². The molecule has 0 saturated carbocycles. The molecule has 0 aliphatic rings. The standard InChI is InChI=1S/C27H29FN2O2/c1-20(2)29-27(32)25(17-21-11-5-3-6-12-21)30(19-23-15-9-10-16-24(23)28)26(31)18-22-13-7-4-8-14-22/h3-16,20,25H,17-19H2,1-2H3,(H,29,32)/t25-/m1/s1. The number of hydrogen-bond donors (Lipinski definition) is 1. The Morgan fingerprint density at radius 1 is 0.844 bits per heavy atom. The third-order valence-corrected chi connectivity index (χ3v) is 5.20. The molecule has 0 radical (unpaired) electrons. The largest absolute Gasteiger partial charge is 0.352 e. The minimum absolute atomic E-state index is 0.0152. The molecule has 4 nitrogen and oxygen atoms in total. The Kier molecular flexibility index (Phi) is 8.14. The molecule has 0 bridgehead atoms. The lowest BCUT2D eigenvalue weighted by Crippen LogP contribution is -2.52. The fourth-order valence-electron chi connectivity index (χ4n) is 3.62. The summed E-state index contributed by atoms with van der Waals surface area (Å²) >= 11 is 0. The Hall–Kier alpha value is -3.47. The highest BCUT2D eigenvalue weighted by Crippen LogP contribution is 2.18. The molecular weight excluding hydrogens is 403 g/mol. The molecule has 3 rings (SSSR count). The second-order valence-corrected chi connectivity index (χ2v) is 8.14. The number of halogens is 1. The van der Waals surface area contributed by atoms with E-state index in [0.29, 0.717) is 12.0 Å². The van der Waals surface area contributed by atoms with E-state index in [1.54, 1.807) is 18.2 Å². The molecule has 0 aliphatic heterocycles. The van der Waals surface area contributed by atoms with Crippen LogP contribution in [0, 0.1) is 5.82 Å². The molecule has 1 N–H and O–H groups in total. The lowest BCUT2D eigenvalue weighted by Gasteiger charge is -2.32. The van der Waals surface area contributed by atoms with Crippen molar-refractivity contribution < 1.29 is 14.0 Å². The highest BCUT2D eigenvalue weighted by molar-refractivity contribution is 5.89. The van der Waals surface area contributed by atoms with Crippen LogP contribution < -0.4 is 5.32 Å². The SMILES string of the molecule is CC(C)NC(=O)[C@@H](Cc1ccccc1)N(Cc1ccccc1F)C(=O)Cc1ccccc1. The van der Waals surface area contributed by atoms with Gasteiger partial charge >= 0.3 is 0 Å². The molecule has 0 unspecified atom stereocenters. The summed E-state index contributed by atoms with van der Waals surface area (Å²) in [5.41, 5.74) is 2.16. The first-order chi connectivity index (χ1) is 15.4. The first-order valence-corrected chi connectivity index (χ1v) is 10.8. The maximum absolute atomic E-state index is 14.5. The second-order valence-electron chi connectivity index (χ2n) is 8.14. The van der Waals surface area contributed by atoms with Crippen molar-refractivity contribution in [2.45, 2.75) is 45.3 Å². The monoisotopic (exact) mass is 432 g/mol. The predicted molar refractivity (Wildman–Crippen MR) is 124 cm³/mol. The fraction of sp³-hybridized carbons (Fsp3) is 0.259. The van der Waals surface area contributed by atoms with Crippen LogP contribution in [0.4, 0.5) is 4.39 Å². The Labute approximate surface area is 189 Å². The van der Waals surface area contributed by atoms with Crippen molar-refractivity contribution >= 4 is 11.8 Å². The summed E-state index contributed by atoms with van der Waals surface area (Å²) in [6.45, 7) is 3.77. The first kappa shape index (κ1) is 23.2. The highest BCUT2D eigenvalue weighted by atomic mass is 19.1. The summed E-state index contributed by atoms with van der Waals surface area (Å²) in [6, 6.07) is 24.5. The molecule has 0 fully saturated rings. The molecule has 32 heavy (non-hydrogen) atoms. The number of carbonyl (C=O) groups excluding carboxylic acids is 2. The maximum Gasteiger partial charge on any atom is 0.243 e. The minimum atomic E-state index is -0.768. The number of hydrogen-bond acceptors (Lipinski definition) is 2. The van der Waals surface area contributed by atoms with Gasteiger partial charge < -0.3 is 10.2 Å². The van der Waals surface area contributed by atoms with Crippen molar-refractivity contribution in [3.8, 4) is 0 Å². The van der Waals surface area contributed by atoms with Gasteiger partial charge in [0.2, 0.25) is 11.8 Å². The normalized spacial score (nSPS) is 11.8. The molecule has 3 aromatic rings. The van der Waals surface area contributed by atoms with Crippen molar-refractivity contribution in [3.05, 3.63) is 107 Å². The Morgan fingerprint density at radius 3 is 2.00 bits per heavy atom. The average molecular weight is 433 g/mol. The number of nitrogens with one attached hydrogen (secondary N) is 1. The Balaban J connectivity index is 1.97. The topological polar surface area (TPSA) is 49.4 Å². The number of benzene rings is 3. The van der Waals surface area contributed by atoms with Crippen LogP contribution in [0.15, 0.2) is 84.9 Å². The van der Waals surface area contributed by atoms with Gasteiger partial charge in [-0.2, -0.15) is 0 Å². The number of nitrogens with zero attached hydrogens (tertiary/aromatic N) is 1. The van der Waals surface area contributed by atoms with E-state index in [1.807, 2.05) is 74.5 Å². The molecule has 1 atom stereocenters. The zero-order chi connectivity index (χ0) is 22.9. The van der Waals surface area contributed by atoms with Crippen LogP contribution in [0.2, 0.25) is 0 Å². The van der Waals surface area contributed by atoms with Gasteiger partial charge in [0.05, 0.1) is 6.42 Å². The third kappa shape index (κ3) is 6.51. The van der Waals surface area contributed by atoms with Gasteiger partial charge in [-0.25, -0.2) is 4.39 Å². The van der Waals surface area contributed by atoms with Crippen LogP contribution in [0.5, 0.6) is 0 Å². The Bertz CT molecular complexity index is 1020. The van der Waals surface area contributed by atoms with E-state index in [0.717, 1.165) is 11.1 Å². The summed E-state index contributed by atoms with van der Waals surface area (Å²) in [4.78, 5) is 28.2. The summed E-state index contributed by atoms with van der Waals surface area (Å²) in [7, 11) is 0. The van der Waals surface area contributed by atoms with E-state index >= 15 is 0 Å². The van der Waals surface area contributed by atoms with Gasteiger partial charge in [0.15, 0.2) is 0 Å².